The number of nitrogens with zero attached hydrogens (tertiary/aromatic N) is 1. The van der Waals surface area contributed by atoms with Crippen molar-refractivity contribution >= 4 is 27.3 Å². The summed E-state index contributed by atoms with van der Waals surface area (Å²) >= 11 is 0. The van der Waals surface area contributed by atoms with E-state index in [0.29, 0.717) is 17.1 Å². The molecule has 1 aliphatic rings. The Morgan fingerprint density at radius 2 is 2.00 bits per heavy atom. The van der Waals surface area contributed by atoms with Crippen molar-refractivity contribution in [1.82, 2.24) is 0 Å². The molecular weight excluding hydrogens is 352 g/mol. The van der Waals surface area contributed by atoms with Crippen LogP contribution in [0.25, 0.3) is 0 Å². The number of hydrogen-bond acceptors (Lipinski definition) is 4. The van der Waals surface area contributed by atoms with Gasteiger partial charge in [0.25, 0.3) is 5.91 Å². The van der Waals surface area contributed by atoms with Gasteiger partial charge in [-0.15, -0.1) is 0 Å². The molecule has 138 valence electrons. The molecule has 1 heterocycles. The average Bonchev–Trinajstić information content (AvgIpc) is 2.60. The van der Waals surface area contributed by atoms with Crippen molar-refractivity contribution in [3.63, 3.8) is 0 Å². The topological polar surface area (TPSA) is 75.7 Å². The molecule has 1 aliphatic heterocycles. The highest BCUT2D eigenvalue weighted by Crippen LogP contribution is 2.36. The number of hydrogen-bond donors (Lipinski definition) is 1. The smallest absolute Gasteiger partial charge is 0.267 e. The van der Waals surface area contributed by atoms with E-state index in [1.165, 1.54) is 4.31 Å². The quantitative estimate of drug-likeness (QED) is 0.893. The molecule has 0 fully saturated rings. The fourth-order valence-corrected chi connectivity index (χ4v) is 3.88. The number of carbonyl (C=O) groups excluding carboxylic acids is 1. The Bertz CT molecular complexity index is 940. The van der Waals surface area contributed by atoms with Gasteiger partial charge in [0, 0.05) is 5.69 Å². The molecule has 7 heteroatoms. The summed E-state index contributed by atoms with van der Waals surface area (Å²) < 4.78 is 31.5. The summed E-state index contributed by atoms with van der Waals surface area (Å²) in [4.78, 5) is 12.7. The van der Waals surface area contributed by atoms with Crippen molar-refractivity contribution in [1.29, 1.82) is 0 Å². The van der Waals surface area contributed by atoms with Crippen molar-refractivity contribution in [2.24, 2.45) is 0 Å². The number of carbonyl (C=O) groups is 1. The van der Waals surface area contributed by atoms with E-state index < -0.39 is 16.1 Å². The SMILES string of the molecule is CCc1ccccc1NC(=O)C1CN(S(C)(=O)=O)c2cc(C)ccc2O1. The molecule has 0 spiro atoms. The van der Waals surface area contributed by atoms with Crippen LogP contribution in [0, 0.1) is 6.92 Å². The van der Waals surface area contributed by atoms with E-state index in [1.807, 2.05) is 44.2 Å². The van der Waals surface area contributed by atoms with Gasteiger partial charge in [0.15, 0.2) is 6.10 Å². The van der Waals surface area contributed by atoms with Crippen LogP contribution in [0.2, 0.25) is 0 Å². The van der Waals surface area contributed by atoms with Crippen LogP contribution in [0.5, 0.6) is 5.75 Å². The molecule has 1 amide bonds. The molecule has 0 bridgehead atoms. The molecule has 26 heavy (non-hydrogen) atoms. The minimum atomic E-state index is -3.53. The lowest BCUT2D eigenvalue weighted by Crippen LogP contribution is -2.48. The van der Waals surface area contributed by atoms with E-state index in [9.17, 15) is 13.2 Å². The summed E-state index contributed by atoms with van der Waals surface area (Å²) in [5.74, 6) is 0.0157. The lowest BCUT2D eigenvalue weighted by molar-refractivity contribution is -0.122. The number of rotatable bonds is 4. The first-order chi connectivity index (χ1) is 12.3. The van der Waals surface area contributed by atoms with E-state index >= 15 is 0 Å². The van der Waals surface area contributed by atoms with Gasteiger partial charge in [-0.05, 0) is 42.7 Å². The maximum absolute atomic E-state index is 12.7. The average molecular weight is 374 g/mol. The van der Waals surface area contributed by atoms with Crippen LogP contribution >= 0.6 is 0 Å². The molecule has 6 nitrogen and oxygen atoms in total. The predicted octanol–water partition coefficient (Wildman–Crippen LogP) is 2.72. The van der Waals surface area contributed by atoms with Crippen molar-refractivity contribution in [3.05, 3.63) is 53.6 Å². The summed E-state index contributed by atoms with van der Waals surface area (Å²) in [6.45, 7) is 3.82. The maximum Gasteiger partial charge on any atom is 0.267 e. The zero-order valence-electron chi connectivity index (χ0n) is 15.0. The van der Waals surface area contributed by atoms with Gasteiger partial charge in [0.2, 0.25) is 10.0 Å². The Hall–Kier alpha value is -2.54. The third-order valence-corrected chi connectivity index (χ3v) is 5.48. The van der Waals surface area contributed by atoms with Gasteiger partial charge in [0.1, 0.15) is 5.75 Å². The molecule has 0 aromatic heterocycles. The van der Waals surface area contributed by atoms with Gasteiger partial charge >= 0.3 is 0 Å². The molecule has 2 aromatic rings. The first-order valence-electron chi connectivity index (χ1n) is 8.43. The Morgan fingerprint density at radius 3 is 2.69 bits per heavy atom. The highest BCUT2D eigenvalue weighted by molar-refractivity contribution is 7.92. The van der Waals surface area contributed by atoms with Crippen molar-refractivity contribution in [2.75, 3.05) is 22.4 Å². The second-order valence-corrected chi connectivity index (χ2v) is 8.28. The maximum atomic E-state index is 12.7. The normalized spacial score (nSPS) is 16.6. The molecule has 2 aromatic carbocycles. The number of aryl methyl sites for hydroxylation is 2. The number of anilines is 2. The van der Waals surface area contributed by atoms with Crippen LogP contribution in [-0.4, -0.2) is 33.2 Å². The molecule has 0 saturated heterocycles. The lowest BCUT2D eigenvalue weighted by atomic mass is 10.1. The summed E-state index contributed by atoms with van der Waals surface area (Å²) in [6.07, 6.45) is 0.982. The van der Waals surface area contributed by atoms with Crippen LogP contribution < -0.4 is 14.4 Å². The molecule has 1 unspecified atom stereocenters. The van der Waals surface area contributed by atoms with Crippen molar-refractivity contribution in [3.8, 4) is 5.75 Å². The first kappa shape index (κ1) is 18.3. The van der Waals surface area contributed by atoms with E-state index in [-0.39, 0.29) is 12.5 Å². The number of para-hydroxylation sites is 1. The largest absolute Gasteiger partial charge is 0.476 e. The second-order valence-electron chi connectivity index (χ2n) is 6.37. The Kier molecular flexibility index (Phi) is 4.91. The molecule has 1 atom stereocenters. The van der Waals surface area contributed by atoms with E-state index in [0.717, 1.165) is 23.8 Å². The number of benzene rings is 2. The fourth-order valence-electron chi connectivity index (χ4n) is 2.98. The summed E-state index contributed by atoms with van der Waals surface area (Å²) in [6, 6.07) is 12.8. The fraction of sp³-hybridized carbons (Fsp3) is 0.316. The molecule has 0 saturated carbocycles. The van der Waals surface area contributed by atoms with Crippen LogP contribution in [0.15, 0.2) is 42.5 Å². The van der Waals surface area contributed by atoms with Gasteiger partial charge in [-0.1, -0.05) is 31.2 Å². The van der Waals surface area contributed by atoms with Crippen LogP contribution in [-0.2, 0) is 21.2 Å². The highest BCUT2D eigenvalue weighted by atomic mass is 32.2. The Morgan fingerprint density at radius 1 is 1.27 bits per heavy atom. The molecule has 0 radical (unpaired) electrons. The summed E-state index contributed by atoms with van der Waals surface area (Å²) in [7, 11) is -3.53. The predicted molar refractivity (Wildman–Crippen MR) is 102 cm³/mol. The molecule has 0 aliphatic carbocycles. The van der Waals surface area contributed by atoms with Gasteiger partial charge in [-0.3, -0.25) is 9.10 Å². The lowest BCUT2D eigenvalue weighted by Gasteiger charge is -2.34. The number of fused-ring (bicyclic) bond motifs is 1. The van der Waals surface area contributed by atoms with Crippen LogP contribution in [0.3, 0.4) is 0 Å². The number of nitrogens with one attached hydrogen (secondary N) is 1. The number of sulfonamides is 1. The summed E-state index contributed by atoms with van der Waals surface area (Å²) in [5.41, 5.74) is 3.10. The minimum absolute atomic E-state index is 0.0601. The third kappa shape index (κ3) is 3.67. The standard InChI is InChI=1S/C19H22N2O4S/c1-4-14-7-5-6-8-15(14)20-19(22)18-12-21(26(3,23)24)16-11-13(2)9-10-17(16)25-18/h5-11,18H,4,12H2,1-3H3,(H,20,22). The van der Waals surface area contributed by atoms with E-state index in [4.69, 9.17) is 4.74 Å². The second kappa shape index (κ2) is 6.99. The Balaban J connectivity index is 1.90. The van der Waals surface area contributed by atoms with Gasteiger partial charge in [-0.25, -0.2) is 8.42 Å². The highest BCUT2D eigenvalue weighted by Gasteiger charge is 2.35. The molecule has 3 rings (SSSR count). The monoisotopic (exact) mass is 374 g/mol. The van der Waals surface area contributed by atoms with Crippen LogP contribution in [0.1, 0.15) is 18.1 Å². The number of amides is 1. The minimum Gasteiger partial charge on any atom is -0.476 e. The van der Waals surface area contributed by atoms with Gasteiger partial charge < -0.3 is 10.1 Å². The molecular formula is C19H22N2O4S. The van der Waals surface area contributed by atoms with E-state index in [1.54, 1.807) is 12.1 Å². The Labute approximate surface area is 153 Å². The van der Waals surface area contributed by atoms with Crippen molar-refractivity contribution in [2.45, 2.75) is 26.4 Å². The first-order valence-corrected chi connectivity index (χ1v) is 10.3. The number of ether oxygens (including phenoxy) is 1. The van der Waals surface area contributed by atoms with E-state index in [2.05, 4.69) is 5.32 Å². The van der Waals surface area contributed by atoms with Gasteiger partial charge in [-0.2, -0.15) is 0 Å². The van der Waals surface area contributed by atoms with Crippen LogP contribution in [0.4, 0.5) is 11.4 Å². The zero-order valence-corrected chi connectivity index (χ0v) is 15.8. The summed E-state index contributed by atoms with van der Waals surface area (Å²) in [5, 5.41) is 2.86. The van der Waals surface area contributed by atoms with Gasteiger partial charge in [0.05, 0.1) is 18.5 Å². The molecule has 1 N–H and O–H groups in total. The van der Waals surface area contributed by atoms with Crippen molar-refractivity contribution < 1.29 is 17.9 Å². The zero-order chi connectivity index (χ0) is 18.9. The third-order valence-electron chi connectivity index (χ3n) is 4.33.